The predicted octanol–water partition coefficient (Wildman–Crippen LogP) is 4.98. The number of aryl methyl sites for hydroxylation is 3. The summed E-state index contributed by atoms with van der Waals surface area (Å²) < 4.78 is 15.2. The summed E-state index contributed by atoms with van der Waals surface area (Å²) in [5.74, 6) is -0.0175. The summed E-state index contributed by atoms with van der Waals surface area (Å²) in [7, 11) is 1.74. The molecule has 37 heavy (non-hydrogen) atoms. The maximum Gasteiger partial charge on any atom is 0.307 e. The van der Waals surface area contributed by atoms with Crippen molar-refractivity contribution in [1.82, 2.24) is 25.2 Å². The molecule has 0 aliphatic heterocycles. The number of nitrogens with zero attached hydrogens (tertiary/aromatic N) is 5. The summed E-state index contributed by atoms with van der Waals surface area (Å²) >= 11 is 0. The van der Waals surface area contributed by atoms with Crippen molar-refractivity contribution in [2.75, 3.05) is 5.32 Å². The van der Waals surface area contributed by atoms with Crippen LogP contribution in [0.4, 0.5) is 10.2 Å². The first kappa shape index (κ1) is 23.3. The van der Waals surface area contributed by atoms with Gasteiger partial charge in [0.05, 0.1) is 19.0 Å². The Morgan fingerprint density at radius 3 is 2.57 bits per heavy atom. The molecule has 2 aromatic carbocycles. The van der Waals surface area contributed by atoms with Gasteiger partial charge in [-0.05, 0) is 102 Å². The van der Waals surface area contributed by atoms with Crippen LogP contribution in [-0.2, 0) is 18.3 Å². The molecule has 4 aromatic rings. The first-order valence-electron chi connectivity index (χ1n) is 12.4. The van der Waals surface area contributed by atoms with Crippen LogP contribution in [0.3, 0.4) is 0 Å². The normalized spacial score (nSPS) is 20.1. The number of tetrazole rings is 1. The van der Waals surface area contributed by atoms with E-state index in [0.29, 0.717) is 23.6 Å². The quantitative estimate of drug-likeness (QED) is 0.386. The molecule has 2 heterocycles. The molecule has 2 aliphatic rings. The second kappa shape index (κ2) is 8.76. The van der Waals surface area contributed by atoms with Gasteiger partial charge in [-0.1, -0.05) is 12.1 Å². The molecule has 0 bridgehead atoms. The molecule has 2 N–H and O–H groups in total. The lowest BCUT2D eigenvalue weighted by molar-refractivity contribution is -0.138. The van der Waals surface area contributed by atoms with Crippen molar-refractivity contribution in [2.24, 2.45) is 13.0 Å². The number of carbonyl (C=O) groups is 1. The Morgan fingerprint density at radius 1 is 1.16 bits per heavy atom. The molecule has 188 valence electrons. The number of fused-ring (bicyclic) bond motifs is 1. The van der Waals surface area contributed by atoms with E-state index in [0.717, 1.165) is 51.8 Å². The topological polar surface area (TPSA) is 106 Å². The minimum Gasteiger partial charge on any atom is -0.481 e. The first-order valence-corrected chi connectivity index (χ1v) is 12.4. The Kier molecular flexibility index (Phi) is 5.51. The zero-order chi connectivity index (χ0) is 25.8. The highest BCUT2D eigenvalue weighted by Crippen LogP contribution is 2.48. The lowest BCUT2D eigenvalue weighted by Crippen LogP contribution is -2.10. The number of benzene rings is 2. The zero-order valence-electron chi connectivity index (χ0n) is 20.9. The number of hydrogen-bond donors (Lipinski definition) is 2. The van der Waals surface area contributed by atoms with E-state index in [-0.39, 0.29) is 23.7 Å². The van der Waals surface area contributed by atoms with Crippen LogP contribution >= 0.6 is 0 Å². The standard InChI is InChI=1S/C28H27FN6O2/c1-14-10-17(27-32-34-35(3)33-27)11-15(2)25(14)18-5-7-22(29)26-19(18)6-8-23(26)31-24-9-4-16(13-30-24)20-12-21(20)28(36)37/h4-5,7,9-11,13,20-21,23H,6,8,12H2,1-3H3,(H,30,31)(H,36,37)/t20-,21+,23+/m0/s1. The van der Waals surface area contributed by atoms with Crippen molar-refractivity contribution in [3.05, 3.63) is 76.2 Å². The summed E-state index contributed by atoms with van der Waals surface area (Å²) in [5, 5.41) is 25.0. The van der Waals surface area contributed by atoms with Crippen LogP contribution in [0.15, 0.2) is 42.6 Å². The zero-order valence-corrected chi connectivity index (χ0v) is 20.9. The number of aromatic nitrogens is 5. The lowest BCUT2D eigenvalue weighted by Gasteiger charge is -2.19. The summed E-state index contributed by atoms with van der Waals surface area (Å²) in [4.78, 5) is 17.1. The highest BCUT2D eigenvalue weighted by Gasteiger charge is 2.44. The molecular weight excluding hydrogens is 471 g/mol. The van der Waals surface area contributed by atoms with Gasteiger partial charge in [0.25, 0.3) is 0 Å². The Labute approximate surface area is 213 Å². The number of anilines is 1. The van der Waals surface area contributed by atoms with Gasteiger partial charge in [0.1, 0.15) is 11.6 Å². The SMILES string of the molecule is Cc1cc(-c2nnn(C)n2)cc(C)c1-c1ccc(F)c2c1CC[C@H]2Nc1ccc([C@@H]2C[C@H]2C(=O)O)cn1. The molecule has 0 saturated heterocycles. The maximum absolute atomic E-state index is 15.2. The Bertz CT molecular complexity index is 1510. The number of halogens is 1. The summed E-state index contributed by atoms with van der Waals surface area (Å²) in [6.45, 7) is 4.12. The third-order valence-electron chi connectivity index (χ3n) is 7.55. The number of aliphatic carboxylic acids is 1. The third-order valence-corrected chi connectivity index (χ3v) is 7.55. The minimum absolute atomic E-state index is 0.0360. The highest BCUT2D eigenvalue weighted by molar-refractivity contribution is 5.79. The number of carboxylic acids is 1. The monoisotopic (exact) mass is 498 g/mol. The number of carboxylic acid groups (broad SMARTS) is 1. The van der Waals surface area contributed by atoms with Crippen LogP contribution in [0.2, 0.25) is 0 Å². The van der Waals surface area contributed by atoms with E-state index in [9.17, 15) is 9.90 Å². The highest BCUT2D eigenvalue weighted by atomic mass is 19.1. The third kappa shape index (κ3) is 4.14. The molecule has 0 amide bonds. The van der Waals surface area contributed by atoms with E-state index < -0.39 is 5.97 Å². The molecule has 6 rings (SSSR count). The molecule has 0 radical (unpaired) electrons. The molecule has 2 aromatic heterocycles. The van der Waals surface area contributed by atoms with E-state index in [4.69, 9.17) is 0 Å². The summed E-state index contributed by atoms with van der Waals surface area (Å²) in [5.41, 5.74) is 7.85. The largest absolute Gasteiger partial charge is 0.481 e. The van der Waals surface area contributed by atoms with Crippen LogP contribution in [0.25, 0.3) is 22.5 Å². The van der Waals surface area contributed by atoms with Gasteiger partial charge in [-0.2, -0.15) is 4.80 Å². The molecule has 0 unspecified atom stereocenters. The number of nitrogens with one attached hydrogen (secondary N) is 1. The fraction of sp³-hybridized carbons (Fsp3) is 0.321. The van der Waals surface area contributed by atoms with Crippen molar-refractivity contribution in [1.29, 1.82) is 0 Å². The first-order chi connectivity index (χ1) is 17.8. The van der Waals surface area contributed by atoms with Crippen molar-refractivity contribution in [3.63, 3.8) is 0 Å². The average molecular weight is 499 g/mol. The van der Waals surface area contributed by atoms with Gasteiger partial charge in [0.15, 0.2) is 0 Å². The Balaban J connectivity index is 1.29. The number of rotatable bonds is 6. The molecule has 1 saturated carbocycles. The molecule has 3 atom stereocenters. The maximum atomic E-state index is 15.2. The summed E-state index contributed by atoms with van der Waals surface area (Å²) in [6.07, 6.45) is 3.91. The van der Waals surface area contributed by atoms with Crippen LogP contribution in [0, 0.1) is 25.6 Å². The second-order valence-corrected chi connectivity index (χ2v) is 10.1. The van der Waals surface area contributed by atoms with E-state index >= 15 is 4.39 Å². The minimum atomic E-state index is -0.758. The van der Waals surface area contributed by atoms with E-state index in [1.807, 2.05) is 18.2 Å². The smallest absolute Gasteiger partial charge is 0.307 e. The number of pyridine rings is 1. The van der Waals surface area contributed by atoms with Crippen molar-refractivity contribution in [2.45, 2.75) is 45.1 Å². The number of hydrogen-bond acceptors (Lipinski definition) is 6. The molecule has 8 nitrogen and oxygen atoms in total. The van der Waals surface area contributed by atoms with Crippen molar-refractivity contribution >= 4 is 11.8 Å². The Morgan fingerprint density at radius 2 is 1.95 bits per heavy atom. The van der Waals surface area contributed by atoms with Gasteiger partial charge in [0.2, 0.25) is 5.82 Å². The van der Waals surface area contributed by atoms with Crippen molar-refractivity contribution in [3.8, 4) is 22.5 Å². The fourth-order valence-corrected chi connectivity index (χ4v) is 5.74. The van der Waals surface area contributed by atoms with Gasteiger partial charge in [0, 0.05) is 17.3 Å². The van der Waals surface area contributed by atoms with Crippen LogP contribution in [0.5, 0.6) is 0 Å². The van der Waals surface area contributed by atoms with E-state index in [1.165, 1.54) is 4.80 Å². The second-order valence-electron chi connectivity index (χ2n) is 10.1. The fourth-order valence-electron chi connectivity index (χ4n) is 5.74. The van der Waals surface area contributed by atoms with E-state index in [1.54, 1.807) is 19.3 Å². The average Bonchev–Trinajstić information content (AvgIpc) is 3.38. The predicted molar refractivity (Wildman–Crippen MR) is 137 cm³/mol. The Hall–Kier alpha value is -4.14. The van der Waals surface area contributed by atoms with Gasteiger partial charge in [-0.25, -0.2) is 9.37 Å². The molecular formula is C28H27FN6O2. The van der Waals surface area contributed by atoms with Crippen LogP contribution in [0.1, 0.15) is 52.6 Å². The van der Waals surface area contributed by atoms with Crippen molar-refractivity contribution < 1.29 is 14.3 Å². The van der Waals surface area contributed by atoms with Gasteiger partial charge in [-0.3, -0.25) is 4.79 Å². The van der Waals surface area contributed by atoms with Gasteiger partial charge >= 0.3 is 5.97 Å². The van der Waals surface area contributed by atoms with E-state index in [2.05, 4.69) is 51.7 Å². The van der Waals surface area contributed by atoms with Crippen LogP contribution in [-0.4, -0.2) is 36.3 Å². The molecule has 0 spiro atoms. The molecule has 9 heteroatoms. The molecule has 2 aliphatic carbocycles. The van der Waals surface area contributed by atoms with Gasteiger partial charge < -0.3 is 10.4 Å². The van der Waals surface area contributed by atoms with Crippen LogP contribution < -0.4 is 5.32 Å². The van der Waals surface area contributed by atoms with Gasteiger partial charge in [-0.15, -0.1) is 10.2 Å². The molecule has 1 fully saturated rings. The summed E-state index contributed by atoms with van der Waals surface area (Å²) in [6, 6.07) is 11.1. The lowest BCUT2D eigenvalue weighted by atomic mass is 9.89.